The van der Waals surface area contributed by atoms with Crippen LogP contribution in [0.3, 0.4) is 0 Å². The number of nitrogens with zero attached hydrogens (tertiary/aromatic N) is 1. The monoisotopic (exact) mass is 410 g/mol. The number of hydrogen-bond acceptors (Lipinski definition) is 5. The molecule has 3 N–H and O–H groups in total. The highest BCUT2D eigenvalue weighted by Gasteiger charge is 2.22. The number of rotatable bonds is 5. The second-order valence-electron chi connectivity index (χ2n) is 7.44. The number of pyridine rings is 1. The summed E-state index contributed by atoms with van der Waals surface area (Å²) in [4.78, 5) is 15.7. The van der Waals surface area contributed by atoms with E-state index in [9.17, 15) is 13.2 Å². The van der Waals surface area contributed by atoms with Gasteiger partial charge in [0.2, 0.25) is 0 Å². The van der Waals surface area contributed by atoms with Crippen molar-refractivity contribution in [3.05, 3.63) is 18.5 Å². The van der Waals surface area contributed by atoms with Crippen LogP contribution in [-0.4, -0.2) is 32.0 Å². The average Bonchev–Trinajstić information content (AvgIpc) is 2.64. The molecule has 0 unspecified atom stereocenters. The summed E-state index contributed by atoms with van der Waals surface area (Å²) < 4.78 is 27.3. The molecule has 0 radical (unpaired) electrons. The van der Waals surface area contributed by atoms with E-state index in [1.54, 1.807) is 19.2 Å². The SMILES string of the molecule is CCNC(=O)NS(=O)(=O)c1cnccc1NC1CCCCCCCCCCC1. The van der Waals surface area contributed by atoms with Crippen LogP contribution in [0.5, 0.6) is 0 Å². The summed E-state index contributed by atoms with van der Waals surface area (Å²) in [6.45, 7) is 2.08. The minimum Gasteiger partial charge on any atom is -0.381 e. The second-order valence-corrected chi connectivity index (χ2v) is 9.09. The first kappa shape index (κ1) is 22.5. The van der Waals surface area contributed by atoms with Crippen molar-refractivity contribution >= 4 is 21.7 Å². The van der Waals surface area contributed by atoms with Crippen LogP contribution in [0.1, 0.15) is 77.6 Å². The Morgan fingerprint density at radius 1 is 1.04 bits per heavy atom. The lowest BCUT2D eigenvalue weighted by molar-refractivity contribution is 0.246. The average molecular weight is 411 g/mol. The number of anilines is 1. The van der Waals surface area contributed by atoms with E-state index in [4.69, 9.17) is 0 Å². The van der Waals surface area contributed by atoms with E-state index in [1.807, 2.05) is 4.72 Å². The third-order valence-electron chi connectivity index (χ3n) is 5.10. The van der Waals surface area contributed by atoms with Gasteiger partial charge in [-0.15, -0.1) is 0 Å². The summed E-state index contributed by atoms with van der Waals surface area (Å²) in [5.41, 5.74) is 0.504. The van der Waals surface area contributed by atoms with Crippen LogP contribution >= 0.6 is 0 Å². The third kappa shape index (κ3) is 7.66. The van der Waals surface area contributed by atoms with Crippen molar-refractivity contribution in [3.8, 4) is 0 Å². The fourth-order valence-electron chi connectivity index (χ4n) is 3.61. The van der Waals surface area contributed by atoms with Gasteiger partial charge in [0, 0.05) is 25.0 Å². The molecule has 28 heavy (non-hydrogen) atoms. The van der Waals surface area contributed by atoms with Gasteiger partial charge in [-0.25, -0.2) is 17.9 Å². The zero-order valence-corrected chi connectivity index (χ0v) is 17.7. The van der Waals surface area contributed by atoms with Gasteiger partial charge in [0.25, 0.3) is 10.0 Å². The highest BCUT2D eigenvalue weighted by atomic mass is 32.2. The van der Waals surface area contributed by atoms with Crippen molar-refractivity contribution < 1.29 is 13.2 Å². The first-order valence-electron chi connectivity index (χ1n) is 10.5. The summed E-state index contributed by atoms with van der Waals surface area (Å²) in [6, 6.07) is 1.16. The summed E-state index contributed by atoms with van der Waals surface area (Å²) in [7, 11) is -3.99. The van der Waals surface area contributed by atoms with E-state index >= 15 is 0 Å². The molecule has 1 aliphatic carbocycles. The molecule has 158 valence electrons. The molecular formula is C20H34N4O3S. The van der Waals surface area contributed by atoms with Gasteiger partial charge >= 0.3 is 6.03 Å². The predicted octanol–water partition coefficient (Wildman–Crippen LogP) is 4.17. The van der Waals surface area contributed by atoms with Gasteiger partial charge in [0.1, 0.15) is 4.90 Å². The quantitative estimate of drug-likeness (QED) is 0.676. The number of nitrogens with one attached hydrogen (secondary N) is 3. The maximum absolute atomic E-state index is 12.6. The van der Waals surface area contributed by atoms with Crippen LogP contribution < -0.4 is 15.4 Å². The van der Waals surface area contributed by atoms with Crippen molar-refractivity contribution in [3.63, 3.8) is 0 Å². The topological polar surface area (TPSA) is 100 Å². The molecule has 0 aromatic carbocycles. The van der Waals surface area contributed by atoms with Crippen molar-refractivity contribution in [1.29, 1.82) is 0 Å². The smallest absolute Gasteiger partial charge is 0.328 e. The molecule has 0 atom stereocenters. The highest BCUT2D eigenvalue weighted by molar-refractivity contribution is 7.90. The van der Waals surface area contributed by atoms with Crippen LogP contribution in [0.25, 0.3) is 0 Å². The lowest BCUT2D eigenvalue weighted by atomic mass is 9.98. The standard InChI is InChI=1S/C20H34N4O3S/c1-2-22-20(25)24-28(26,27)19-16-21-15-14-18(19)23-17-12-10-8-6-4-3-5-7-9-11-13-17/h14-17H,2-13H2,1H3,(H,21,23)(H2,22,24,25). The van der Waals surface area contributed by atoms with Crippen molar-refractivity contribution in [2.24, 2.45) is 0 Å². The van der Waals surface area contributed by atoms with Crippen molar-refractivity contribution in [2.45, 2.75) is 88.5 Å². The van der Waals surface area contributed by atoms with Crippen LogP contribution in [0.4, 0.5) is 10.5 Å². The zero-order chi connectivity index (χ0) is 20.2. The number of carbonyl (C=O) groups excluding carboxylic acids is 1. The molecule has 0 saturated heterocycles. The molecular weight excluding hydrogens is 376 g/mol. The fourth-order valence-corrected chi connectivity index (χ4v) is 4.66. The van der Waals surface area contributed by atoms with Gasteiger partial charge in [0.05, 0.1) is 5.69 Å². The largest absolute Gasteiger partial charge is 0.381 e. The molecule has 2 amide bonds. The van der Waals surface area contributed by atoms with E-state index in [2.05, 4.69) is 15.6 Å². The summed E-state index contributed by atoms with van der Waals surface area (Å²) >= 11 is 0. The van der Waals surface area contributed by atoms with Crippen molar-refractivity contribution in [2.75, 3.05) is 11.9 Å². The summed E-state index contributed by atoms with van der Waals surface area (Å²) in [5.74, 6) is 0. The Labute approximate surface area is 169 Å². The van der Waals surface area contributed by atoms with E-state index < -0.39 is 16.1 Å². The molecule has 0 aliphatic heterocycles. The number of carbonyl (C=O) groups is 1. The van der Waals surface area contributed by atoms with E-state index in [0.29, 0.717) is 12.2 Å². The number of amides is 2. The van der Waals surface area contributed by atoms with E-state index in [1.165, 1.54) is 51.1 Å². The number of aromatic nitrogens is 1. The molecule has 1 aromatic heterocycles. The highest BCUT2D eigenvalue weighted by Crippen LogP contribution is 2.24. The molecule has 8 heteroatoms. The maximum atomic E-state index is 12.6. The van der Waals surface area contributed by atoms with Gasteiger partial charge in [0.15, 0.2) is 0 Å². The van der Waals surface area contributed by atoms with Crippen LogP contribution in [0.2, 0.25) is 0 Å². The molecule has 1 aliphatic rings. The Hall–Kier alpha value is -1.83. The predicted molar refractivity (Wildman–Crippen MR) is 112 cm³/mol. The zero-order valence-electron chi connectivity index (χ0n) is 16.9. The van der Waals surface area contributed by atoms with E-state index in [-0.39, 0.29) is 10.9 Å². The van der Waals surface area contributed by atoms with Gasteiger partial charge in [-0.2, -0.15) is 0 Å². The van der Waals surface area contributed by atoms with Gasteiger partial charge in [-0.3, -0.25) is 4.98 Å². The fraction of sp³-hybridized carbons (Fsp3) is 0.700. The molecule has 1 fully saturated rings. The minimum absolute atomic E-state index is 0.00682. The molecule has 0 bridgehead atoms. The van der Waals surface area contributed by atoms with Crippen molar-refractivity contribution in [1.82, 2.24) is 15.0 Å². The van der Waals surface area contributed by atoms with E-state index in [0.717, 1.165) is 25.7 Å². The lowest BCUT2D eigenvalue weighted by Crippen LogP contribution is -2.39. The van der Waals surface area contributed by atoms with Crippen LogP contribution in [-0.2, 0) is 10.0 Å². The number of urea groups is 1. The third-order valence-corrected chi connectivity index (χ3v) is 6.46. The molecule has 0 spiro atoms. The molecule has 1 saturated carbocycles. The van der Waals surface area contributed by atoms with Gasteiger partial charge in [-0.05, 0) is 25.8 Å². The Bertz CT molecular complexity index is 697. The second kappa shape index (κ2) is 11.9. The Kier molecular flexibility index (Phi) is 9.54. The molecule has 7 nitrogen and oxygen atoms in total. The Balaban J connectivity index is 2.09. The minimum atomic E-state index is -3.99. The summed E-state index contributed by atoms with van der Waals surface area (Å²) in [6.07, 6.45) is 16.2. The van der Waals surface area contributed by atoms with Gasteiger partial charge < -0.3 is 10.6 Å². The number of sulfonamides is 1. The first-order valence-corrected chi connectivity index (χ1v) is 12.0. The molecule has 2 rings (SSSR count). The Morgan fingerprint density at radius 3 is 2.18 bits per heavy atom. The molecule has 1 heterocycles. The van der Waals surface area contributed by atoms with Crippen LogP contribution in [0.15, 0.2) is 23.4 Å². The summed E-state index contributed by atoms with van der Waals surface area (Å²) in [5, 5.41) is 5.86. The van der Waals surface area contributed by atoms with Gasteiger partial charge in [-0.1, -0.05) is 57.8 Å². The van der Waals surface area contributed by atoms with Crippen LogP contribution in [0, 0.1) is 0 Å². The molecule has 1 aromatic rings. The lowest BCUT2D eigenvalue weighted by Gasteiger charge is -2.22. The Morgan fingerprint density at radius 2 is 1.61 bits per heavy atom. The maximum Gasteiger partial charge on any atom is 0.328 e. The normalized spacial score (nSPS) is 17.8. The number of hydrogen-bond donors (Lipinski definition) is 3. The first-order chi connectivity index (χ1) is 13.5.